The van der Waals surface area contributed by atoms with Crippen LogP contribution in [-0.4, -0.2) is 35.0 Å². The van der Waals surface area contributed by atoms with Crippen LogP contribution in [0, 0.1) is 5.92 Å². The van der Waals surface area contributed by atoms with Gasteiger partial charge in [-0.3, -0.25) is 9.48 Å². The number of nitrogens with one attached hydrogen (secondary N) is 2. The Morgan fingerprint density at radius 3 is 2.81 bits per heavy atom. The van der Waals surface area contributed by atoms with Gasteiger partial charge in [-0.15, -0.1) is 12.4 Å². The predicted molar refractivity (Wildman–Crippen MR) is 99.0 cm³/mol. The standard InChI is InChI=1S/C18H21F3N4O.ClH/c1-25-11-13(8-23-25)15-9-22-10-16(15)17(26)24-14-4-2-3-12(7-14)5-6-18(19,20)21;/h2-4,7-8,11,15-16,22H,5-6,9-10H2,1H3,(H,24,26);1H/t15-,16+;/m1./s1. The van der Waals surface area contributed by atoms with Crippen LogP contribution in [0.25, 0.3) is 0 Å². The van der Waals surface area contributed by atoms with E-state index in [0.29, 0.717) is 24.3 Å². The molecule has 5 nitrogen and oxygen atoms in total. The summed E-state index contributed by atoms with van der Waals surface area (Å²) in [4.78, 5) is 12.7. The zero-order valence-electron chi connectivity index (χ0n) is 14.8. The van der Waals surface area contributed by atoms with Gasteiger partial charge in [0.15, 0.2) is 0 Å². The van der Waals surface area contributed by atoms with Crippen molar-refractivity contribution in [3.63, 3.8) is 0 Å². The van der Waals surface area contributed by atoms with Crippen LogP contribution in [0.5, 0.6) is 0 Å². The molecule has 1 saturated heterocycles. The molecule has 2 N–H and O–H groups in total. The number of carbonyl (C=O) groups excluding carboxylic acids is 1. The first kappa shape index (κ1) is 21.2. The van der Waals surface area contributed by atoms with Gasteiger partial charge >= 0.3 is 6.18 Å². The zero-order chi connectivity index (χ0) is 18.7. The molecular weight excluding hydrogens is 381 g/mol. The lowest BCUT2D eigenvalue weighted by atomic mass is 9.90. The summed E-state index contributed by atoms with van der Waals surface area (Å²) < 4.78 is 38.8. The molecule has 0 spiro atoms. The summed E-state index contributed by atoms with van der Waals surface area (Å²) in [6.45, 7) is 1.24. The Labute approximate surface area is 161 Å². The molecule has 27 heavy (non-hydrogen) atoms. The highest BCUT2D eigenvalue weighted by atomic mass is 35.5. The van der Waals surface area contributed by atoms with Gasteiger partial charge in [0.2, 0.25) is 5.91 Å². The molecule has 0 radical (unpaired) electrons. The van der Waals surface area contributed by atoms with Crippen molar-refractivity contribution >= 4 is 24.0 Å². The Morgan fingerprint density at radius 2 is 2.15 bits per heavy atom. The molecule has 2 heterocycles. The molecule has 1 aliphatic heterocycles. The number of carbonyl (C=O) groups is 1. The maximum atomic E-state index is 12.7. The summed E-state index contributed by atoms with van der Waals surface area (Å²) in [6.07, 6.45) is -1.51. The predicted octanol–water partition coefficient (Wildman–Crippen LogP) is 3.28. The SMILES string of the molecule is Cl.Cn1cc([C@H]2CNC[C@@H]2C(=O)Nc2cccc(CCC(F)(F)F)c2)cn1. The lowest BCUT2D eigenvalue weighted by Crippen LogP contribution is -2.28. The van der Waals surface area contributed by atoms with Gasteiger partial charge in [-0.2, -0.15) is 18.3 Å². The van der Waals surface area contributed by atoms with Crippen LogP contribution in [0.3, 0.4) is 0 Å². The van der Waals surface area contributed by atoms with E-state index in [-0.39, 0.29) is 36.6 Å². The lowest BCUT2D eigenvalue weighted by Gasteiger charge is -2.17. The first-order chi connectivity index (χ1) is 12.3. The van der Waals surface area contributed by atoms with Crippen LogP contribution in [0.15, 0.2) is 36.7 Å². The van der Waals surface area contributed by atoms with E-state index in [4.69, 9.17) is 0 Å². The van der Waals surface area contributed by atoms with Crippen molar-refractivity contribution in [2.24, 2.45) is 13.0 Å². The summed E-state index contributed by atoms with van der Waals surface area (Å²) in [7, 11) is 1.83. The average molecular weight is 403 g/mol. The summed E-state index contributed by atoms with van der Waals surface area (Å²) in [5.41, 5.74) is 2.07. The van der Waals surface area contributed by atoms with Crippen LogP contribution in [-0.2, 0) is 18.3 Å². The second kappa shape index (κ2) is 8.75. The topological polar surface area (TPSA) is 59.0 Å². The largest absolute Gasteiger partial charge is 0.389 e. The molecule has 1 amide bonds. The van der Waals surface area contributed by atoms with Gasteiger partial charge in [-0.25, -0.2) is 0 Å². The van der Waals surface area contributed by atoms with Crippen molar-refractivity contribution in [1.29, 1.82) is 0 Å². The van der Waals surface area contributed by atoms with Crippen molar-refractivity contribution in [1.82, 2.24) is 15.1 Å². The third kappa shape index (κ3) is 5.71. The maximum absolute atomic E-state index is 12.7. The number of nitrogens with zero attached hydrogens (tertiary/aromatic N) is 2. The van der Waals surface area contributed by atoms with Gasteiger partial charge in [-0.05, 0) is 29.7 Å². The molecule has 1 aromatic carbocycles. The molecule has 1 aromatic heterocycles. The van der Waals surface area contributed by atoms with E-state index in [0.717, 1.165) is 5.56 Å². The Balaban J connectivity index is 0.00000261. The van der Waals surface area contributed by atoms with Crippen LogP contribution in [0.4, 0.5) is 18.9 Å². The molecule has 3 rings (SSSR count). The van der Waals surface area contributed by atoms with Crippen molar-refractivity contribution in [3.05, 3.63) is 47.8 Å². The van der Waals surface area contributed by atoms with Gasteiger partial charge in [0.05, 0.1) is 12.1 Å². The van der Waals surface area contributed by atoms with E-state index in [9.17, 15) is 18.0 Å². The maximum Gasteiger partial charge on any atom is 0.389 e. The molecule has 9 heteroatoms. The van der Waals surface area contributed by atoms with Gasteiger partial charge in [0, 0.05) is 44.4 Å². The fraction of sp³-hybridized carbons (Fsp3) is 0.444. The molecule has 2 atom stereocenters. The third-order valence-electron chi connectivity index (χ3n) is 4.60. The quantitative estimate of drug-likeness (QED) is 0.807. The lowest BCUT2D eigenvalue weighted by molar-refractivity contribution is -0.134. The summed E-state index contributed by atoms with van der Waals surface area (Å²) in [5.74, 6) is -0.369. The highest BCUT2D eigenvalue weighted by Gasteiger charge is 2.34. The Kier molecular flexibility index (Phi) is 6.89. The normalized spacial score (nSPS) is 19.6. The average Bonchev–Trinajstić information content (AvgIpc) is 3.21. The van der Waals surface area contributed by atoms with Crippen LogP contribution in [0.1, 0.15) is 23.5 Å². The van der Waals surface area contributed by atoms with Crippen LogP contribution in [0.2, 0.25) is 0 Å². The number of hydrogen-bond donors (Lipinski definition) is 2. The van der Waals surface area contributed by atoms with E-state index in [2.05, 4.69) is 15.7 Å². The number of aromatic nitrogens is 2. The van der Waals surface area contributed by atoms with Crippen molar-refractivity contribution in [2.75, 3.05) is 18.4 Å². The number of hydrogen-bond acceptors (Lipinski definition) is 3. The minimum Gasteiger partial charge on any atom is -0.326 e. The molecule has 1 fully saturated rings. The molecule has 0 aliphatic carbocycles. The van der Waals surface area contributed by atoms with Crippen LogP contribution < -0.4 is 10.6 Å². The number of anilines is 1. The van der Waals surface area contributed by atoms with E-state index in [1.165, 1.54) is 0 Å². The van der Waals surface area contributed by atoms with Crippen molar-refractivity contribution < 1.29 is 18.0 Å². The summed E-state index contributed by atoms with van der Waals surface area (Å²) >= 11 is 0. The second-order valence-electron chi connectivity index (χ2n) is 6.62. The first-order valence-electron chi connectivity index (χ1n) is 8.47. The Morgan fingerprint density at radius 1 is 1.37 bits per heavy atom. The number of aryl methyl sites for hydroxylation is 2. The number of benzene rings is 1. The molecule has 0 bridgehead atoms. The smallest absolute Gasteiger partial charge is 0.326 e. The third-order valence-corrected chi connectivity index (χ3v) is 4.60. The fourth-order valence-corrected chi connectivity index (χ4v) is 3.26. The van der Waals surface area contributed by atoms with Crippen molar-refractivity contribution in [2.45, 2.75) is 24.9 Å². The fourth-order valence-electron chi connectivity index (χ4n) is 3.26. The minimum absolute atomic E-state index is 0. The monoisotopic (exact) mass is 402 g/mol. The summed E-state index contributed by atoms with van der Waals surface area (Å²) in [6, 6.07) is 6.59. The Bertz CT molecular complexity index is 778. The van der Waals surface area contributed by atoms with Crippen molar-refractivity contribution in [3.8, 4) is 0 Å². The number of amides is 1. The number of halogens is 4. The van der Waals surface area contributed by atoms with E-state index in [1.807, 2.05) is 13.2 Å². The highest BCUT2D eigenvalue weighted by Crippen LogP contribution is 2.29. The molecule has 148 valence electrons. The van der Waals surface area contributed by atoms with E-state index < -0.39 is 12.6 Å². The Hall–Kier alpha value is -2.06. The van der Waals surface area contributed by atoms with Gasteiger partial charge in [0.1, 0.15) is 0 Å². The summed E-state index contributed by atoms with van der Waals surface area (Å²) in [5, 5.41) is 10.2. The second-order valence-corrected chi connectivity index (χ2v) is 6.62. The van der Waals surface area contributed by atoms with Crippen LogP contribution >= 0.6 is 12.4 Å². The molecular formula is C18H22ClF3N4O. The minimum atomic E-state index is -4.19. The molecule has 0 saturated carbocycles. The zero-order valence-corrected chi connectivity index (χ0v) is 15.6. The molecule has 0 unspecified atom stereocenters. The number of alkyl halides is 3. The van der Waals surface area contributed by atoms with E-state index in [1.54, 1.807) is 35.1 Å². The van der Waals surface area contributed by atoms with Gasteiger partial charge in [-0.1, -0.05) is 12.1 Å². The highest BCUT2D eigenvalue weighted by molar-refractivity contribution is 5.93. The van der Waals surface area contributed by atoms with Gasteiger partial charge in [0.25, 0.3) is 0 Å². The van der Waals surface area contributed by atoms with Gasteiger partial charge < -0.3 is 10.6 Å². The number of rotatable bonds is 5. The first-order valence-corrected chi connectivity index (χ1v) is 8.47. The van der Waals surface area contributed by atoms with E-state index >= 15 is 0 Å². The molecule has 1 aliphatic rings. The molecule has 2 aromatic rings.